The Morgan fingerprint density at radius 3 is 2.64 bits per heavy atom. The molecule has 0 amide bonds. The van der Waals surface area contributed by atoms with Gasteiger partial charge in [-0.05, 0) is 19.1 Å². The molecule has 2 aromatic heterocycles. The number of benzene rings is 1. The van der Waals surface area contributed by atoms with Gasteiger partial charge >= 0.3 is 0 Å². The summed E-state index contributed by atoms with van der Waals surface area (Å²) in [7, 11) is -3.68. The lowest BCUT2D eigenvalue weighted by atomic mass is 10.2. The number of nitrogens with zero attached hydrogens (tertiary/aromatic N) is 3. The van der Waals surface area contributed by atoms with Crippen molar-refractivity contribution in [2.24, 2.45) is 0 Å². The third kappa shape index (κ3) is 2.95. The summed E-state index contributed by atoms with van der Waals surface area (Å²) in [4.78, 5) is 12.5. The minimum Gasteiger partial charge on any atom is -0.258 e. The van der Waals surface area contributed by atoms with Crippen LogP contribution in [0, 0.1) is 6.92 Å². The molecule has 7 heteroatoms. The highest BCUT2D eigenvalue weighted by molar-refractivity contribution is 7.89. The van der Waals surface area contributed by atoms with E-state index >= 15 is 0 Å². The zero-order valence-electron chi connectivity index (χ0n) is 11.9. The summed E-state index contributed by atoms with van der Waals surface area (Å²) >= 11 is 0. The summed E-state index contributed by atoms with van der Waals surface area (Å²) in [5.41, 5.74) is 1.79. The van der Waals surface area contributed by atoms with E-state index in [9.17, 15) is 8.42 Å². The highest BCUT2D eigenvalue weighted by atomic mass is 32.2. The molecule has 0 atom stereocenters. The van der Waals surface area contributed by atoms with Crippen LogP contribution in [0.3, 0.4) is 0 Å². The van der Waals surface area contributed by atoms with E-state index in [1.165, 1.54) is 0 Å². The summed E-state index contributed by atoms with van der Waals surface area (Å²) in [5, 5.41) is 0.778. The maximum atomic E-state index is 12.5. The van der Waals surface area contributed by atoms with Crippen LogP contribution in [0.4, 0.5) is 0 Å². The molecule has 0 aliphatic carbocycles. The smallest absolute Gasteiger partial charge is 0.243 e. The number of rotatable bonds is 4. The van der Waals surface area contributed by atoms with Crippen molar-refractivity contribution in [1.82, 2.24) is 19.7 Å². The van der Waals surface area contributed by atoms with Crippen molar-refractivity contribution >= 4 is 20.9 Å². The Labute approximate surface area is 128 Å². The first kappa shape index (κ1) is 14.6. The van der Waals surface area contributed by atoms with Crippen LogP contribution >= 0.6 is 0 Å². The molecule has 22 heavy (non-hydrogen) atoms. The van der Waals surface area contributed by atoms with Gasteiger partial charge in [-0.1, -0.05) is 18.2 Å². The molecular formula is C15H14N4O2S. The quantitative estimate of drug-likeness (QED) is 0.794. The number of hydrogen-bond acceptors (Lipinski definition) is 5. The molecule has 3 aromatic rings. The van der Waals surface area contributed by atoms with Gasteiger partial charge in [-0.3, -0.25) is 15.0 Å². The fourth-order valence-corrected chi connectivity index (χ4v) is 3.23. The molecule has 2 heterocycles. The summed E-state index contributed by atoms with van der Waals surface area (Å²) < 4.78 is 27.5. The van der Waals surface area contributed by atoms with Crippen LogP contribution in [-0.4, -0.2) is 23.4 Å². The van der Waals surface area contributed by atoms with Crippen molar-refractivity contribution < 1.29 is 8.42 Å². The Morgan fingerprint density at radius 1 is 1.05 bits per heavy atom. The number of sulfonamides is 1. The Bertz CT molecular complexity index is 903. The Hall–Kier alpha value is -2.38. The van der Waals surface area contributed by atoms with Crippen LogP contribution < -0.4 is 4.72 Å². The Kier molecular flexibility index (Phi) is 3.82. The molecule has 0 radical (unpaired) electrons. The minimum absolute atomic E-state index is 0.0822. The van der Waals surface area contributed by atoms with Gasteiger partial charge < -0.3 is 0 Å². The zero-order chi connectivity index (χ0) is 15.6. The van der Waals surface area contributed by atoms with Crippen LogP contribution in [0.25, 0.3) is 10.9 Å². The fourth-order valence-electron chi connectivity index (χ4n) is 2.05. The molecule has 0 aliphatic heterocycles. The lowest BCUT2D eigenvalue weighted by Gasteiger charge is -2.08. The highest BCUT2D eigenvalue weighted by Gasteiger charge is 2.17. The molecule has 1 N–H and O–H groups in total. The maximum Gasteiger partial charge on any atom is 0.243 e. The largest absolute Gasteiger partial charge is 0.258 e. The van der Waals surface area contributed by atoms with E-state index in [1.54, 1.807) is 36.8 Å². The van der Waals surface area contributed by atoms with Gasteiger partial charge in [0, 0.05) is 17.8 Å². The lowest BCUT2D eigenvalue weighted by Crippen LogP contribution is -2.24. The molecule has 6 nitrogen and oxygen atoms in total. The number of fused-ring (bicyclic) bond motifs is 1. The van der Waals surface area contributed by atoms with Gasteiger partial charge in [-0.2, -0.15) is 0 Å². The second kappa shape index (κ2) is 5.78. The van der Waals surface area contributed by atoms with Gasteiger partial charge in [0.15, 0.2) is 0 Å². The van der Waals surface area contributed by atoms with Gasteiger partial charge in [-0.25, -0.2) is 13.1 Å². The molecule has 0 fully saturated rings. The number of hydrogen-bond donors (Lipinski definition) is 1. The van der Waals surface area contributed by atoms with Crippen LogP contribution in [-0.2, 0) is 16.6 Å². The maximum absolute atomic E-state index is 12.5. The van der Waals surface area contributed by atoms with Gasteiger partial charge in [0.2, 0.25) is 10.0 Å². The fraction of sp³-hybridized carbons (Fsp3) is 0.133. The molecule has 1 aromatic carbocycles. The molecule has 0 spiro atoms. The first-order valence-electron chi connectivity index (χ1n) is 6.67. The second-order valence-corrected chi connectivity index (χ2v) is 6.54. The predicted octanol–water partition coefficient (Wildman–Crippen LogP) is 1.81. The topological polar surface area (TPSA) is 84.8 Å². The van der Waals surface area contributed by atoms with Crippen molar-refractivity contribution in [1.29, 1.82) is 0 Å². The number of aryl methyl sites for hydroxylation is 1. The van der Waals surface area contributed by atoms with E-state index in [0.29, 0.717) is 11.2 Å². The number of para-hydroxylation sites is 1. The van der Waals surface area contributed by atoms with E-state index in [1.807, 2.05) is 19.1 Å². The first-order chi connectivity index (χ1) is 10.6. The summed E-state index contributed by atoms with van der Waals surface area (Å²) in [6.45, 7) is 1.90. The van der Waals surface area contributed by atoms with Crippen molar-refractivity contribution in [2.45, 2.75) is 18.4 Å². The molecule has 112 valence electrons. The highest BCUT2D eigenvalue weighted by Crippen LogP contribution is 2.20. The van der Waals surface area contributed by atoms with E-state index in [0.717, 1.165) is 11.1 Å². The van der Waals surface area contributed by atoms with Gasteiger partial charge in [0.25, 0.3) is 0 Å². The molecule has 0 saturated carbocycles. The molecule has 3 rings (SSSR count). The second-order valence-electron chi connectivity index (χ2n) is 4.80. The monoisotopic (exact) mass is 314 g/mol. The summed E-state index contributed by atoms with van der Waals surface area (Å²) in [5.74, 6) is 0. The van der Waals surface area contributed by atoms with Crippen LogP contribution in [0.15, 0.2) is 53.8 Å². The lowest BCUT2D eigenvalue weighted by molar-refractivity contribution is 0.581. The van der Waals surface area contributed by atoms with E-state index in [-0.39, 0.29) is 11.4 Å². The average Bonchev–Trinajstić information content (AvgIpc) is 2.54. The van der Waals surface area contributed by atoms with Crippen molar-refractivity contribution in [3.05, 3.63) is 60.3 Å². The molecule has 0 unspecified atom stereocenters. The SMILES string of the molecule is Cc1cnc(CNS(=O)(=O)c2cccc3cccnc23)cn1. The molecular weight excluding hydrogens is 300 g/mol. The van der Waals surface area contributed by atoms with Crippen molar-refractivity contribution in [3.63, 3.8) is 0 Å². The number of pyridine rings is 1. The first-order valence-corrected chi connectivity index (χ1v) is 8.15. The number of aromatic nitrogens is 3. The van der Waals surface area contributed by atoms with E-state index in [2.05, 4.69) is 19.7 Å². The van der Waals surface area contributed by atoms with Gasteiger partial charge in [0.05, 0.1) is 29.6 Å². The standard InChI is InChI=1S/C15H14N4O2S/c1-11-8-18-13(9-17-11)10-19-22(20,21)14-6-2-4-12-5-3-7-16-15(12)14/h2-9,19H,10H2,1H3. The third-order valence-electron chi connectivity index (χ3n) is 3.16. The molecule has 0 bridgehead atoms. The summed E-state index contributed by atoms with van der Waals surface area (Å²) in [6.07, 6.45) is 4.73. The van der Waals surface area contributed by atoms with Crippen molar-refractivity contribution in [3.8, 4) is 0 Å². The van der Waals surface area contributed by atoms with Crippen LogP contribution in [0.5, 0.6) is 0 Å². The van der Waals surface area contributed by atoms with Crippen molar-refractivity contribution in [2.75, 3.05) is 0 Å². The van der Waals surface area contributed by atoms with E-state index < -0.39 is 10.0 Å². The third-order valence-corrected chi connectivity index (χ3v) is 4.60. The Morgan fingerprint density at radius 2 is 1.86 bits per heavy atom. The minimum atomic E-state index is -3.68. The number of nitrogens with one attached hydrogen (secondary N) is 1. The average molecular weight is 314 g/mol. The van der Waals surface area contributed by atoms with Gasteiger partial charge in [-0.15, -0.1) is 0 Å². The van der Waals surface area contributed by atoms with Crippen LogP contribution in [0.1, 0.15) is 11.4 Å². The predicted molar refractivity (Wildman–Crippen MR) is 82.5 cm³/mol. The Balaban J connectivity index is 1.90. The summed E-state index contributed by atoms with van der Waals surface area (Å²) in [6, 6.07) is 8.66. The van der Waals surface area contributed by atoms with Crippen LogP contribution in [0.2, 0.25) is 0 Å². The van der Waals surface area contributed by atoms with E-state index in [4.69, 9.17) is 0 Å². The molecule has 0 aliphatic rings. The normalized spacial score (nSPS) is 11.7. The molecule has 0 saturated heterocycles. The zero-order valence-corrected chi connectivity index (χ0v) is 12.7. The van der Waals surface area contributed by atoms with Gasteiger partial charge in [0.1, 0.15) is 4.90 Å².